The lowest BCUT2D eigenvalue weighted by Gasteiger charge is -2.11. The number of aromatic nitrogens is 1. The largest absolute Gasteiger partial charge is 0.433 e. The van der Waals surface area contributed by atoms with Gasteiger partial charge in [-0.2, -0.15) is 13.2 Å². The van der Waals surface area contributed by atoms with Gasteiger partial charge in [-0.25, -0.2) is 4.98 Å². The summed E-state index contributed by atoms with van der Waals surface area (Å²) in [6.45, 7) is 3.02. The summed E-state index contributed by atoms with van der Waals surface area (Å²) < 4.78 is 37.6. The van der Waals surface area contributed by atoms with E-state index < -0.39 is 34.1 Å². The zero-order valence-corrected chi connectivity index (χ0v) is 11.2. The summed E-state index contributed by atoms with van der Waals surface area (Å²) in [5.74, 6) is -0.496. The van der Waals surface area contributed by atoms with Crippen molar-refractivity contribution in [3.05, 3.63) is 28.1 Å². The molecule has 0 atom stereocenters. The second-order valence-electron chi connectivity index (χ2n) is 4.42. The summed E-state index contributed by atoms with van der Waals surface area (Å²) in [5.41, 5.74) is -2.33. The number of amides is 1. The highest BCUT2D eigenvalue weighted by Crippen LogP contribution is 2.32. The number of hydrogen-bond acceptors (Lipinski definition) is 5. The Hall–Kier alpha value is -2.39. The molecule has 0 saturated heterocycles. The third-order valence-electron chi connectivity index (χ3n) is 2.26. The maximum Gasteiger partial charge on any atom is 0.433 e. The number of anilines is 1. The molecule has 0 aliphatic rings. The van der Waals surface area contributed by atoms with Crippen molar-refractivity contribution in [3.8, 4) is 0 Å². The van der Waals surface area contributed by atoms with Gasteiger partial charge < -0.3 is 10.6 Å². The van der Waals surface area contributed by atoms with Crippen LogP contribution in [-0.4, -0.2) is 28.4 Å². The van der Waals surface area contributed by atoms with E-state index in [-0.39, 0.29) is 12.6 Å². The van der Waals surface area contributed by atoms with E-state index in [0.717, 1.165) is 0 Å². The predicted octanol–water partition coefficient (Wildman–Crippen LogP) is 1.95. The minimum atomic E-state index is -4.73. The van der Waals surface area contributed by atoms with E-state index >= 15 is 0 Å². The number of nitro groups is 1. The lowest BCUT2D eigenvalue weighted by molar-refractivity contribution is -0.384. The molecule has 116 valence electrons. The Morgan fingerprint density at radius 3 is 2.57 bits per heavy atom. The average molecular weight is 306 g/mol. The van der Waals surface area contributed by atoms with Gasteiger partial charge in [-0.1, -0.05) is 0 Å². The molecule has 2 N–H and O–H groups in total. The molecular weight excluding hydrogens is 293 g/mol. The van der Waals surface area contributed by atoms with Gasteiger partial charge in [0.2, 0.25) is 5.91 Å². The van der Waals surface area contributed by atoms with Crippen molar-refractivity contribution in [1.82, 2.24) is 10.3 Å². The van der Waals surface area contributed by atoms with Crippen LogP contribution in [-0.2, 0) is 11.0 Å². The van der Waals surface area contributed by atoms with Crippen molar-refractivity contribution in [3.63, 3.8) is 0 Å². The molecule has 0 saturated carbocycles. The van der Waals surface area contributed by atoms with Gasteiger partial charge >= 0.3 is 11.9 Å². The number of pyridine rings is 1. The summed E-state index contributed by atoms with van der Waals surface area (Å²) in [7, 11) is 0. The summed E-state index contributed by atoms with van der Waals surface area (Å²) >= 11 is 0. The van der Waals surface area contributed by atoms with Gasteiger partial charge in [-0.3, -0.25) is 14.9 Å². The van der Waals surface area contributed by atoms with Gasteiger partial charge in [0.25, 0.3) is 0 Å². The highest BCUT2D eigenvalue weighted by atomic mass is 19.4. The number of nitrogens with one attached hydrogen (secondary N) is 2. The van der Waals surface area contributed by atoms with Crippen LogP contribution >= 0.6 is 0 Å². The fourth-order valence-corrected chi connectivity index (χ4v) is 1.44. The molecule has 0 unspecified atom stereocenters. The van der Waals surface area contributed by atoms with Crippen LogP contribution in [0.3, 0.4) is 0 Å². The normalized spacial score (nSPS) is 11.3. The first-order chi connectivity index (χ1) is 9.61. The lowest BCUT2D eigenvalue weighted by atomic mass is 10.2. The molecule has 0 spiro atoms. The Morgan fingerprint density at radius 1 is 1.48 bits per heavy atom. The molecule has 1 heterocycles. The van der Waals surface area contributed by atoms with Gasteiger partial charge in [0.05, 0.1) is 11.5 Å². The van der Waals surface area contributed by atoms with E-state index in [1.165, 1.54) is 0 Å². The number of alkyl halides is 3. The third-order valence-corrected chi connectivity index (χ3v) is 2.26. The first-order valence-electron chi connectivity index (χ1n) is 5.86. The molecule has 0 fully saturated rings. The van der Waals surface area contributed by atoms with Crippen molar-refractivity contribution in [2.75, 3.05) is 11.9 Å². The summed E-state index contributed by atoms with van der Waals surface area (Å²) in [6.07, 6.45) is -4.22. The van der Waals surface area contributed by atoms with Crippen LogP contribution < -0.4 is 10.6 Å². The molecule has 1 amide bonds. The van der Waals surface area contributed by atoms with Crippen molar-refractivity contribution < 1.29 is 22.9 Å². The fourth-order valence-electron chi connectivity index (χ4n) is 1.44. The molecule has 0 aromatic carbocycles. The molecule has 0 aliphatic heterocycles. The van der Waals surface area contributed by atoms with E-state index in [4.69, 9.17) is 0 Å². The predicted molar refractivity (Wildman–Crippen MR) is 67.7 cm³/mol. The molecule has 21 heavy (non-hydrogen) atoms. The molecule has 1 aromatic heterocycles. The number of carbonyl (C=O) groups excluding carboxylic acids is 1. The van der Waals surface area contributed by atoms with E-state index in [2.05, 4.69) is 15.6 Å². The molecule has 0 radical (unpaired) electrons. The second kappa shape index (κ2) is 6.37. The number of carbonyl (C=O) groups is 1. The van der Waals surface area contributed by atoms with E-state index in [1.807, 2.05) is 0 Å². The van der Waals surface area contributed by atoms with Gasteiger partial charge in [-0.05, 0) is 19.9 Å². The van der Waals surface area contributed by atoms with E-state index in [1.54, 1.807) is 13.8 Å². The van der Waals surface area contributed by atoms with E-state index in [9.17, 15) is 28.1 Å². The van der Waals surface area contributed by atoms with Crippen molar-refractivity contribution in [2.45, 2.75) is 26.1 Å². The molecule has 0 aliphatic carbocycles. The lowest BCUT2D eigenvalue weighted by Crippen LogP contribution is -2.35. The summed E-state index contributed by atoms with van der Waals surface area (Å²) in [4.78, 5) is 24.3. The Bertz CT molecular complexity index is 546. The number of rotatable bonds is 5. The van der Waals surface area contributed by atoms with Crippen LogP contribution in [0.5, 0.6) is 0 Å². The van der Waals surface area contributed by atoms with Crippen molar-refractivity contribution in [1.29, 1.82) is 0 Å². The van der Waals surface area contributed by atoms with Gasteiger partial charge in [0, 0.05) is 6.04 Å². The highest BCUT2D eigenvalue weighted by Gasteiger charge is 2.34. The molecule has 0 bridgehead atoms. The maximum atomic E-state index is 12.5. The molecule has 10 heteroatoms. The highest BCUT2D eigenvalue weighted by molar-refractivity contribution is 5.81. The van der Waals surface area contributed by atoms with Crippen LogP contribution in [0.25, 0.3) is 0 Å². The van der Waals surface area contributed by atoms with Crippen LogP contribution in [0.2, 0.25) is 0 Å². The summed E-state index contributed by atoms with van der Waals surface area (Å²) in [5, 5.41) is 15.6. The Labute approximate surface area is 117 Å². The van der Waals surface area contributed by atoms with Crippen LogP contribution in [0.1, 0.15) is 19.5 Å². The van der Waals surface area contributed by atoms with Gasteiger partial charge in [0.15, 0.2) is 0 Å². The smallest absolute Gasteiger partial charge is 0.370 e. The monoisotopic (exact) mass is 306 g/mol. The van der Waals surface area contributed by atoms with Crippen LogP contribution in [0.4, 0.5) is 24.5 Å². The molecule has 1 aromatic rings. The third kappa shape index (κ3) is 4.89. The zero-order valence-electron chi connectivity index (χ0n) is 11.2. The Balaban J connectivity index is 2.97. The molecule has 1 rings (SSSR count). The minimum Gasteiger partial charge on any atom is -0.370 e. The molecule has 7 nitrogen and oxygen atoms in total. The first-order valence-corrected chi connectivity index (χ1v) is 5.86. The second-order valence-corrected chi connectivity index (χ2v) is 4.42. The number of nitrogens with zero attached hydrogens (tertiary/aromatic N) is 2. The SMILES string of the molecule is CC(C)NC(=O)CNc1cc(C(F)(F)F)ncc1[N+](=O)[O-]. The topological polar surface area (TPSA) is 97.2 Å². The standard InChI is InChI=1S/C11H13F3N4O3/c1-6(2)17-10(19)5-15-7-3-9(11(12,13)14)16-4-8(7)18(20)21/h3-4,6H,5H2,1-2H3,(H,15,16)(H,17,19). The quantitative estimate of drug-likeness (QED) is 0.640. The Morgan fingerprint density at radius 2 is 2.10 bits per heavy atom. The maximum absolute atomic E-state index is 12.5. The molecular formula is C11H13F3N4O3. The average Bonchev–Trinajstić information content (AvgIpc) is 2.33. The van der Waals surface area contributed by atoms with Crippen molar-refractivity contribution in [2.24, 2.45) is 0 Å². The zero-order chi connectivity index (χ0) is 16.2. The number of halogens is 3. The van der Waals surface area contributed by atoms with E-state index in [0.29, 0.717) is 12.3 Å². The Kier molecular flexibility index (Phi) is 5.06. The van der Waals surface area contributed by atoms with Gasteiger partial charge in [-0.15, -0.1) is 0 Å². The number of hydrogen-bond donors (Lipinski definition) is 2. The van der Waals surface area contributed by atoms with Crippen LogP contribution in [0, 0.1) is 10.1 Å². The van der Waals surface area contributed by atoms with Crippen LogP contribution in [0.15, 0.2) is 12.3 Å². The minimum absolute atomic E-state index is 0.155. The summed E-state index contributed by atoms with van der Waals surface area (Å²) in [6, 6.07) is 0.346. The van der Waals surface area contributed by atoms with Crippen molar-refractivity contribution >= 4 is 17.3 Å². The first kappa shape index (κ1) is 16.7. The van der Waals surface area contributed by atoms with Gasteiger partial charge in [0.1, 0.15) is 17.6 Å². The fraction of sp³-hybridized carbons (Fsp3) is 0.455.